The number of nitro benzene ring substituents is 1. The van der Waals surface area contributed by atoms with Crippen molar-refractivity contribution in [2.24, 2.45) is 0 Å². The first kappa shape index (κ1) is 17.9. The number of hydrogen-bond donors (Lipinski definition) is 0. The first-order chi connectivity index (χ1) is 13.0. The summed E-state index contributed by atoms with van der Waals surface area (Å²) in [5.41, 5.74) is 0.844. The minimum absolute atomic E-state index is 0.0860. The molecule has 0 N–H and O–H groups in total. The van der Waals surface area contributed by atoms with Crippen molar-refractivity contribution in [1.29, 1.82) is 0 Å². The molecule has 0 saturated carbocycles. The number of piperidine rings is 1. The Bertz CT molecular complexity index is 995. The molecule has 2 heterocycles. The lowest BCUT2D eigenvalue weighted by Gasteiger charge is -2.31. The molecule has 0 aliphatic carbocycles. The molecule has 3 aromatic rings. The fourth-order valence-electron chi connectivity index (χ4n) is 3.40. The Balaban J connectivity index is 1.49. The number of nitro groups is 1. The van der Waals surface area contributed by atoms with E-state index < -0.39 is 4.92 Å². The lowest BCUT2D eigenvalue weighted by Crippen LogP contribution is -2.38. The van der Waals surface area contributed by atoms with E-state index in [-0.39, 0.29) is 22.2 Å². The summed E-state index contributed by atoms with van der Waals surface area (Å²) in [4.78, 5) is 29.9. The smallest absolute Gasteiger partial charge is 0.283 e. The van der Waals surface area contributed by atoms with Crippen LogP contribution in [0.4, 0.5) is 5.69 Å². The monoisotopic (exact) mass is 401 g/mol. The van der Waals surface area contributed by atoms with Gasteiger partial charge >= 0.3 is 0 Å². The molecule has 1 aliphatic rings. The molecular weight excluding hydrogens is 386 g/mol. The topological polar surface area (TPSA) is 76.3 Å². The lowest BCUT2D eigenvalue weighted by molar-refractivity contribution is -0.385. The van der Waals surface area contributed by atoms with Gasteiger partial charge in [0.15, 0.2) is 0 Å². The number of fused-ring (bicyclic) bond motifs is 1. The molecule has 4 rings (SSSR count). The van der Waals surface area contributed by atoms with Crippen molar-refractivity contribution < 1.29 is 9.72 Å². The second kappa shape index (κ2) is 7.25. The van der Waals surface area contributed by atoms with E-state index in [0.717, 1.165) is 23.4 Å². The number of nitrogens with zero attached hydrogens (tertiary/aromatic N) is 3. The van der Waals surface area contributed by atoms with Crippen LogP contribution in [-0.2, 0) is 0 Å². The van der Waals surface area contributed by atoms with Crippen molar-refractivity contribution in [3.8, 4) is 0 Å². The van der Waals surface area contributed by atoms with E-state index in [9.17, 15) is 14.9 Å². The van der Waals surface area contributed by atoms with Crippen LogP contribution in [0.3, 0.4) is 0 Å². The van der Waals surface area contributed by atoms with Crippen LogP contribution in [0, 0.1) is 10.1 Å². The molecule has 0 spiro atoms. The molecule has 2 aromatic carbocycles. The third-order valence-electron chi connectivity index (χ3n) is 4.83. The van der Waals surface area contributed by atoms with E-state index in [4.69, 9.17) is 16.6 Å². The summed E-state index contributed by atoms with van der Waals surface area (Å²) in [6.45, 7) is 1.11. The molecule has 1 saturated heterocycles. The first-order valence-electron chi connectivity index (χ1n) is 8.61. The summed E-state index contributed by atoms with van der Waals surface area (Å²) in [5.74, 6) is -0.00669. The van der Waals surface area contributed by atoms with Crippen molar-refractivity contribution in [3.63, 3.8) is 0 Å². The van der Waals surface area contributed by atoms with Gasteiger partial charge in [0.25, 0.3) is 11.6 Å². The highest BCUT2D eigenvalue weighted by Gasteiger charge is 2.30. The SMILES string of the molecule is O=C(c1ccc(Cl)cc1[N+](=O)[O-])N1CCC(c2nc3ccccc3s2)CC1. The predicted octanol–water partition coefficient (Wildman–Crippen LogP) is 4.88. The van der Waals surface area contributed by atoms with Gasteiger partial charge in [-0.2, -0.15) is 0 Å². The van der Waals surface area contributed by atoms with E-state index in [1.54, 1.807) is 16.2 Å². The normalized spacial score (nSPS) is 15.2. The van der Waals surface area contributed by atoms with Gasteiger partial charge in [-0.3, -0.25) is 14.9 Å². The number of carbonyl (C=O) groups excluding carboxylic acids is 1. The second-order valence-corrected chi connectivity index (χ2v) is 8.00. The molecule has 8 heteroatoms. The maximum atomic E-state index is 12.8. The van der Waals surface area contributed by atoms with Gasteiger partial charge in [0.2, 0.25) is 0 Å². The predicted molar refractivity (Wildman–Crippen MR) is 106 cm³/mol. The van der Waals surface area contributed by atoms with Gasteiger partial charge in [0.1, 0.15) is 5.56 Å². The minimum atomic E-state index is -0.563. The zero-order chi connectivity index (χ0) is 19.0. The Hall–Kier alpha value is -2.51. The fourth-order valence-corrected chi connectivity index (χ4v) is 4.70. The molecule has 27 heavy (non-hydrogen) atoms. The summed E-state index contributed by atoms with van der Waals surface area (Å²) in [5, 5.41) is 12.6. The Morgan fingerprint density at radius 1 is 1.22 bits per heavy atom. The quantitative estimate of drug-likeness (QED) is 0.463. The largest absolute Gasteiger partial charge is 0.338 e. The molecule has 0 atom stereocenters. The number of halogens is 1. The van der Waals surface area contributed by atoms with E-state index in [2.05, 4.69) is 6.07 Å². The molecule has 138 valence electrons. The number of para-hydroxylation sites is 1. The number of likely N-dealkylation sites (tertiary alicyclic amines) is 1. The molecule has 0 bridgehead atoms. The zero-order valence-corrected chi connectivity index (χ0v) is 15.9. The van der Waals surface area contributed by atoms with Gasteiger partial charge < -0.3 is 4.90 Å². The van der Waals surface area contributed by atoms with E-state index in [1.165, 1.54) is 22.9 Å². The Morgan fingerprint density at radius 2 is 1.96 bits per heavy atom. The van der Waals surface area contributed by atoms with Gasteiger partial charge in [-0.25, -0.2) is 4.98 Å². The molecule has 1 aromatic heterocycles. The first-order valence-corrected chi connectivity index (χ1v) is 9.81. The summed E-state index contributed by atoms with van der Waals surface area (Å²) in [7, 11) is 0. The molecule has 1 aliphatic heterocycles. The highest BCUT2D eigenvalue weighted by molar-refractivity contribution is 7.18. The van der Waals surface area contributed by atoms with Gasteiger partial charge in [0, 0.05) is 30.1 Å². The fraction of sp³-hybridized carbons (Fsp3) is 0.263. The van der Waals surface area contributed by atoms with Crippen molar-refractivity contribution in [3.05, 3.63) is 68.2 Å². The van der Waals surface area contributed by atoms with Crippen LogP contribution in [0.2, 0.25) is 5.02 Å². The van der Waals surface area contributed by atoms with E-state index in [1.807, 2.05) is 18.2 Å². The van der Waals surface area contributed by atoms with Crippen molar-refractivity contribution in [2.45, 2.75) is 18.8 Å². The highest BCUT2D eigenvalue weighted by atomic mass is 35.5. The van der Waals surface area contributed by atoms with E-state index in [0.29, 0.717) is 19.0 Å². The third-order valence-corrected chi connectivity index (χ3v) is 6.26. The number of hydrogen-bond acceptors (Lipinski definition) is 5. The van der Waals surface area contributed by atoms with Gasteiger partial charge in [-0.05, 0) is 37.1 Å². The average Bonchev–Trinajstić information content (AvgIpc) is 3.11. The van der Waals surface area contributed by atoms with Crippen LogP contribution in [-0.4, -0.2) is 33.8 Å². The third kappa shape index (κ3) is 3.52. The Morgan fingerprint density at radius 3 is 2.67 bits per heavy atom. The highest BCUT2D eigenvalue weighted by Crippen LogP contribution is 2.34. The molecule has 0 unspecified atom stereocenters. The van der Waals surface area contributed by atoms with Crippen LogP contribution in [0.1, 0.15) is 34.1 Å². The number of aromatic nitrogens is 1. The average molecular weight is 402 g/mol. The van der Waals surface area contributed by atoms with Gasteiger partial charge in [0.05, 0.1) is 20.1 Å². The number of rotatable bonds is 3. The molecule has 0 radical (unpaired) electrons. The molecule has 6 nitrogen and oxygen atoms in total. The minimum Gasteiger partial charge on any atom is -0.338 e. The Labute approximate surface area is 164 Å². The van der Waals surface area contributed by atoms with E-state index >= 15 is 0 Å². The maximum absolute atomic E-state index is 12.8. The summed E-state index contributed by atoms with van der Waals surface area (Å²) >= 11 is 7.54. The van der Waals surface area contributed by atoms with Crippen LogP contribution in [0.15, 0.2) is 42.5 Å². The number of thiazole rings is 1. The summed E-state index contributed by atoms with van der Waals surface area (Å²) < 4.78 is 1.17. The summed E-state index contributed by atoms with van der Waals surface area (Å²) in [6, 6.07) is 12.2. The number of carbonyl (C=O) groups is 1. The molecular formula is C19H16ClN3O3S. The second-order valence-electron chi connectivity index (χ2n) is 6.50. The standard InChI is InChI=1S/C19H16ClN3O3S/c20-13-5-6-14(16(11-13)23(25)26)19(24)22-9-7-12(8-10-22)18-21-15-3-1-2-4-17(15)27-18/h1-6,11-12H,7-10H2. The number of amides is 1. The zero-order valence-electron chi connectivity index (χ0n) is 14.3. The van der Waals surface area contributed by atoms with Gasteiger partial charge in [-0.1, -0.05) is 23.7 Å². The Kier molecular flexibility index (Phi) is 4.80. The van der Waals surface area contributed by atoms with Crippen LogP contribution < -0.4 is 0 Å². The molecule has 1 amide bonds. The van der Waals surface area contributed by atoms with Crippen molar-refractivity contribution in [2.75, 3.05) is 13.1 Å². The maximum Gasteiger partial charge on any atom is 0.283 e. The molecule has 1 fully saturated rings. The van der Waals surface area contributed by atoms with Crippen LogP contribution >= 0.6 is 22.9 Å². The van der Waals surface area contributed by atoms with Crippen molar-refractivity contribution >= 4 is 44.7 Å². The van der Waals surface area contributed by atoms with Crippen LogP contribution in [0.25, 0.3) is 10.2 Å². The van der Waals surface area contributed by atoms with Crippen molar-refractivity contribution in [1.82, 2.24) is 9.88 Å². The van der Waals surface area contributed by atoms with Gasteiger partial charge in [-0.15, -0.1) is 11.3 Å². The number of benzene rings is 2. The lowest BCUT2D eigenvalue weighted by atomic mass is 9.97. The summed E-state index contributed by atoms with van der Waals surface area (Å²) in [6.07, 6.45) is 1.60. The van der Waals surface area contributed by atoms with Crippen LogP contribution in [0.5, 0.6) is 0 Å².